The van der Waals surface area contributed by atoms with Crippen LogP contribution in [0.5, 0.6) is 5.75 Å². The molecule has 2 nitrogen and oxygen atoms in total. The van der Waals surface area contributed by atoms with Crippen LogP contribution in [0.4, 0.5) is 14.5 Å². The molecule has 0 aromatic heterocycles. The molecule has 0 amide bonds. The first-order chi connectivity index (χ1) is 9.51. The summed E-state index contributed by atoms with van der Waals surface area (Å²) < 4.78 is 32.2. The maximum Gasteiger partial charge on any atom is 0.165 e. The van der Waals surface area contributed by atoms with E-state index in [4.69, 9.17) is 4.74 Å². The minimum absolute atomic E-state index is 0.128. The fourth-order valence-electron chi connectivity index (χ4n) is 1.88. The normalized spacial score (nSPS) is 12.1. The van der Waals surface area contributed by atoms with Crippen LogP contribution in [-0.2, 0) is 0 Å². The van der Waals surface area contributed by atoms with E-state index in [0.29, 0.717) is 4.47 Å². The van der Waals surface area contributed by atoms with Gasteiger partial charge >= 0.3 is 0 Å². The Bertz CT molecular complexity index is 619. The van der Waals surface area contributed by atoms with Crippen molar-refractivity contribution in [2.45, 2.75) is 13.0 Å². The number of methoxy groups -OCH3 is 1. The number of benzene rings is 2. The van der Waals surface area contributed by atoms with E-state index in [1.165, 1.54) is 25.3 Å². The minimum atomic E-state index is -0.406. The Hall–Kier alpha value is -1.62. The second kappa shape index (κ2) is 6.22. The Labute approximate surface area is 124 Å². The average molecular weight is 342 g/mol. The molecule has 0 bridgehead atoms. The quantitative estimate of drug-likeness (QED) is 0.853. The van der Waals surface area contributed by atoms with E-state index in [1.807, 2.05) is 6.92 Å². The SMILES string of the molecule is COc1ccc(C(C)Nc2ccc(F)cc2Br)cc1F. The van der Waals surface area contributed by atoms with Crippen molar-refractivity contribution in [3.8, 4) is 5.75 Å². The van der Waals surface area contributed by atoms with Crippen molar-refractivity contribution in [1.82, 2.24) is 0 Å². The lowest BCUT2D eigenvalue weighted by atomic mass is 10.1. The van der Waals surface area contributed by atoms with Gasteiger partial charge < -0.3 is 10.1 Å². The van der Waals surface area contributed by atoms with Crippen LogP contribution in [0.1, 0.15) is 18.5 Å². The highest BCUT2D eigenvalue weighted by molar-refractivity contribution is 9.10. The number of nitrogens with one attached hydrogen (secondary N) is 1. The molecule has 2 aromatic rings. The molecule has 0 saturated heterocycles. The highest BCUT2D eigenvalue weighted by Gasteiger charge is 2.11. The number of ether oxygens (including phenoxy) is 1. The van der Waals surface area contributed by atoms with Crippen LogP contribution in [0.25, 0.3) is 0 Å². The Balaban J connectivity index is 2.19. The summed E-state index contributed by atoms with van der Waals surface area (Å²) in [6.07, 6.45) is 0. The standard InChI is InChI=1S/C15H14BrF2NO/c1-9(10-3-6-15(20-2)13(18)7-10)19-14-5-4-11(17)8-12(14)16/h3-9,19H,1-2H3. The Morgan fingerprint density at radius 1 is 1.15 bits per heavy atom. The van der Waals surface area contributed by atoms with Crippen molar-refractivity contribution in [3.05, 3.63) is 58.1 Å². The van der Waals surface area contributed by atoms with Crippen LogP contribution in [0.2, 0.25) is 0 Å². The summed E-state index contributed by atoms with van der Waals surface area (Å²) in [4.78, 5) is 0. The van der Waals surface area contributed by atoms with Crippen LogP contribution >= 0.6 is 15.9 Å². The lowest BCUT2D eigenvalue weighted by Gasteiger charge is -2.17. The van der Waals surface area contributed by atoms with Crippen LogP contribution in [0.3, 0.4) is 0 Å². The largest absolute Gasteiger partial charge is 0.494 e. The number of hydrogen-bond donors (Lipinski definition) is 1. The van der Waals surface area contributed by atoms with Gasteiger partial charge in [-0.3, -0.25) is 0 Å². The molecule has 1 atom stereocenters. The first-order valence-electron chi connectivity index (χ1n) is 6.06. The molecular formula is C15H14BrF2NO. The Morgan fingerprint density at radius 3 is 2.50 bits per heavy atom. The summed E-state index contributed by atoms with van der Waals surface area (Å²) in [7, 11) is 1.43. The zero-order valence-corrected chi connectivity index (χ0v) is 12.7. The molecule has 0 aliphatic heterocycles. The first-order valence-corrected chi connectivity index (χ1v) is 6.85. The monoisotopic (exact) mass is 341 g/mol. The fraction of sp³-hybridized carbons (Fsp3) is 0.200. The van der Waals surface area contributed by atoms with Crippen LogP contribution < -0.4 is 10.1 Å². The highest BCUT2D eigenvalue weighted by atomic mass is 79.9. The van der Waals surface area contributed by atoms with Crippen molar-refractivity contribution < 1.29 is 13.5 Å². The second-order valence-electron chi connectivity index (χ2n) is 4.38. The van der Waals surface area contributed by atoms with Crippen molar-refractivity contribution in [3.63, 3.8) is 0 Å². The van der Waals surface area contributed by atoms with Gasteiger partial charge in [0.05, 0.1) is 7.11 Å². The maximum atomic E-state index is 13.7. The van der Waals surface area contributed by atoms with Gasteiger partial charge in [-0.15, -0.1) is 0 Å². The molecule has 0 saturated carbocycles. The molecule has 0 fully saturated rings. The van der Waals surface area contributed by atoms with Gasteiger partial charge in [-0.1, -0.05) is 6.07 Å². The lowest BCUT2D eigenvalue weighted by Crippen LogP contribution is -2.07. The van der Waals surface area contributed by atoms with Gasteiger partial charge in [-0.05, 0) is 58.7 Å². The van der Waals surface area contributed by atoms with Gasteiger partial charge in [0.1, 0.15) is 5.82 Å². The average Bonchev–Trinajstić information content (AvgIpc) is 2.41. The van der Waals surface area contributed by atoms with E-state index >= 15 is 0 Å². The summed E-state index contributed by atoms with van der Waals surface area (Å²) in [6.45, 7) is 1.90. The molecule has 0 aliphatic rings. The maximum absolute atomic E-state index is 13.7. The van der Waals surface area contributed by atoms with E-state index in [-0.39, 0.29) is 17.6 Å². The first kappa shape index (κ1) is 14.8. The van der Waals surface area contributed by atoms with Crippen LogP contribution in [0.15, 0.2) is 40.9 Å². The van der Waals surface area contributed by atoms with Crippen molar-refractivity contribution in [1.29, 1.82) is 0 Å². The fourth-order valence-corrected chi connectivity index (χ4v) is 2.34. The number of halogens is 3. The highest BCUT2D eigenvalue weighted by Crippen LogP contribution is 2.28. The summed E-state index contributed by atoms with van der Waals surface area (Å²) in [5, 5.41) is 3.20. The topological polar surface area (TPSA) is 21.3 Å². The predicted molar refractivity (Wildman–Crippen MR) is 79.1 cm³/mol. The second-order valence-corrected chi connectivity index (χ2v) is 5.24. The lowest BCUT2D eigenvalue weighted by molar-refractivity contribution is 0.386. The number of anilines is 1. The van der Waals surface area contributed by atoms with Gasteiger partial charge in [0.15, 0.2) is 11.6 Å². The zero-order chi connectivity index (χ0) is 14.7. The van der Waals surface area contributed by atoms with Crippen molar-refractivity contribution >= 4 is 21.6 Å². The third-order valence-corrected chi connectivity index (χ3v) is 3.64. The number of hydrogen-bond acceptors (Lipinski definition) is 2. The van der Waals surface area contributed by atoms with Gasteiger partial charge in [0.2, 0.25) is 0 Å². The van der Waals surface area contributed by atoms with Crippen LogP contribution in [0, 0.1) is 11.6 Å². The molecule has 0 heterocycles. The molecular weight excluding hydrogens is 328 g/mol. The van der Waals surface area contributed by atoms with E-state index in [9.17, 15) is 8.78 Å². The van der Waals surface area contributed by atoms with Gasteiger partial charge in [0, 0.05) is 16.2 Å². The predicted octanol–water partition coefficient (Wildman–Crippen LogP) is 4.91. The molecule has 0 radical (unpaired) electrons. The molecule has 0 spiro atoms. The smallest absolute Gasteiger partial charge is 0.165 e. The van der Waals surface area contributed by atoms with Crippen molar-refractivity contribution in [2.24, 2.45) is 0 Å². The van der Waals surface area contributed by atoms with Crippen LogP contribution in [-0.4, -0.2) is 7.11 Å². The summed E-state index contributed by atoms with van der Waals surface area (Å²) >= 11 is 3.29. The molecule has 2 rings (SSSR count). The third-order valence-electron chi connectivity index (χ3n) is 2.98. The Kier molecular flexibility index (Phi) is 4.60. The van der Waals surface area contributed by atoms with Gasteiger partial charge in [-0.25, -0.2) is 8.78 Å². The molecule has 1 unspecified atom stereocenters. The van der Waals surface area contributed by atoms with Crippen molar-refractivity contribution in [2.75, 3.05) is 12.4 Å². The minimum Gasteiger partial charge on any atom is -0.494 e. The molecule has 1 N–H and O–H groups in total. The summed E-state index contributed by atoms with van der Waals surface area (Å²) in [6, 6.07) is 9.05. The molecule has 20 heavy (non-hydrogen) atoms. The molecule has 106 valence electrons. The third kappa shape index (κ3) is 3.28. The van der Waals surface area contributed by atoms with E-state index in [1.54, 1.807) is 18.2 Å². The van der Waals surface area contributed by atoms with Gasteiger partial charge in [-0.2, -0.15) is 0 Å². The van der Waals surface area contributed by atoms with Gasteiger partial charge in [0.25, 0.3) is 0 Å². The molecule has 5 heteroatoms. The molecule has 2 aromatic carbocycles. The summed E-state index contributed by atoms with van der Waals surface area (Å²) in [5.74, 6) is -0.508. The Morgan fingerprint density at radius 2 is 1.90 bits per heavy atom. The van der Waals surface area contributed by atoms with E-state index < -0.39 is 5.82 Å². The molecule has 0 aliphatic carbocycles. The number of rotatable bonds is 4. The summed E-state index contributed by atoms with van der Waals surface area (Å²) in [5.41, 5.74) is 1.52. The van der Waals surface area contributed by atoms with E-state index in [0.717, 1.165) is 11.3 Å². The zero-order valence-electron chi connectivity index (χ0n) is 11.1. The van der Waals surface area contributed by atoms with E-state index in [2.05, 4.69) is 21.2 Å².